The average Bonchev–Trinajstić information content (AvgIpc) is 2.63. The molecule has 0 aromatic heterocycles. The van der Waals surface area contributed by atoms with Gasteiger partial charge in [-0.05, 0) is 19.4 Å². The van der Waals surface area contributed by atoms with Crippen molar-refractivity contribution in [1.82, 2.24) is 9.80 Å². The third-order valence-electron chi connectivity index (χ3n) is 3.92. The van der Waals surface area contributed by atoms with Crippen molar-refractivity contribution >= 4 is 0 Å². The number of hydrogen-bond acceptors (Lipinski definition) is 3. The van der Waals surface area contributed by atoms with Gasteiger partial charge in [0.15, 0.2) is 0 Å². The molecule has 1 saturated heterocycles. The van der Waals surface area contributed by atoms with Crippen molar-refractivity contribution in [3.8, 4) is 0 Å². The molecule has 4 heteroatoms. The monoisotopic (exact) mass is 306 g/mol. The zero-order valence-electron chi connectivity index (χ0n) is 13.7. The van der Waals surface area contributed by atoms with Crippen LogP contribution in [-0.2, 0) is 11.3 Å². The molecular formula is C18H27FN2O. The number of rotatable bonds is 6. The molecular weight excluding hydrogens is 279 g/mol. The predicted octanol–water partition coefficient (Wildman–Crippen LogP) is 3.00. The Kier molecular flexibility index (Phi) is 6.40. The average molecular weight is 306 g/mol. The quantitative estimate of drug-likeness (QED) is 0.752. The van der Waals surface area contributed by atoms with E-state index in [1.54, 1.807) is 0 Å². The van der Waals surface area contributed by atoms with Crippen LogP contribution in [0.3, 0.4) is 0 Å². The molecule has 0 bridgehead atoms. The summed E-state index contributed by atoms with van der Waals surface area (Å²) in [5.74, 6) is 0.724. The molecule has 1 heterocycles. The first-order valence-electron chi connectivity index (χ1n) is 8.01. The van der Waals surface area contributed by atoms with Crippen molar-refractivity contribution < 1.29 is 9.13 Å². The van der Waals surface area contributed by atoms with Gasteiger partial charge >= 0.3 is 0 Å². The zero-order valence-corrected chi connectivity index (χ0v) is 13.7. The number of nitrogens with zero attached hydrogens (tertiary/aromatic N) is 2. The number of aryl methyl sites for hydroxylation is 1. The van der Waals surface area contributed by atoms with E-state index in [1.807, 2.05) is 6.92 Å². The van der Waals surface area contributed by atoms with Gasteiger partial charge in [-0.2, -0.15) is 0 Å². The van der Waals surface area contributed by atoms with Gasteiger partial charge in [-0.1, -0.05) is 36.4 Å². The number of alkyl halides is 1. The molecule has 2 rings (SSSR count). The van der Waals surface area contributed by atoms with Crippen molar-refractivity contribution in [1.29, 1.82) is 0 Å². The summed E-state index contributed by atoms with van der Waals surface area (Å²) in [5, 5.41) is 0. The summed E-state index contributed by atoms with van der Waals surface area (Å²) >= 11 is 0. The molecule has 0 radical (unpaired) electrons. The Bertz CT molecular complexity index is 474. The van der Waals surface area contributed by atoms with E-state index >= 15 is 0 Å². The second-order valence-corrected chi connectivity index (χ2v) is 6.02. The number of halogens is 1. The van der Waals surface area contributed by atoms with Crippen LogP contribution in [0, 0.1) is 6.92 Å². The molecule has 1 aromatic carbocycles. The van der Waals surface area contributed by atoms with Gasteiger partial charge in [0.1, 0.15) is 11.9 Å². The summed E-state index contributed by atoms with van der Waals surface area (Å²) in [5.41, 5.74) is 2.49. The first-order chi connectivity index (χ1) is 10.6. The molecule has 1 aliphatic heterocycles. The Balaban J connectivity index is 1.88. The summed E-state index contributed by atoms with van der Waals surface area (Å²) in [6, 6.07) is 8.47. The third-order valence-corrected chi connectivity index (χ3v) is 3.92. The van der Waals surface area contributed by atoms with Gasteiger partial charge in [0.2, 0.25) is 0 Å². The van der Waals surface area contributed by atoms with E-state index in [2.05, 4.69) is 47.6 Å². The Morgan fingerprint density at radius 1 is 1.23 bits per heavy atom. The Morgan fingerprint density at radius 3 is 2.55 bits per heavy atom. The lowest BCUT2D eigenvalue weighted by molar-refractivity contribution is 0.166. The van der Waals surface area contributed by atoms with E-state index < -0.39 is 6.17 Å². The van der Waals surface area contributed by atoms with Crippen molar-refractivity contribution in [2.24, 2.45) is 0 Å². The van der Waals surface area contributed by atoms with Gasteiger partial charge in [-0.25, -0.2) is 4.39 Å². The molecule has 1 aliphatic rings. The Labute approximate surface area is 133 Å². The van der Waals surface area contributed by atoms with Crippen LogP contribution in [0.2, 0.25) is 0 Å². The van der Waals surface area contributed by atoms with E-state index in [-0.39, 0.29) is 0 Å². The maximum atomic E-state index is 14.2. The molecule has 0 N–H and O–H groups in total. The summed E-state index contributed by atoms with van der Waals surface area (Å²) in [6.45, 7) is 12.6. The first kappa shape index (κ1) is 17.0. The summed E-state index contributed by atoms with van der Waals surface area (Å²) in [4.78, 5) is 4.29. The topological polar surface area (TPSA) is 15.7 Å². The molecule has 1 unspecified atom stereocenters. The maximum Gasteiger partial charge on any atom is 0.125 e. The Morgan fingerprint density at radius 2 is 1.86 bits per heavy atom. The van der Waals surface area contributed by atoms with Crippen LogP contribution >= 0.6 is 0 Å². The lowest BCUT2D eigenvalue weighted by Gasteiger charge is -2.22. The molecule has 0 amide bonds. The number of benzene rings is 1. The first-order valence-corrected chi connectivity index (χ1v) is 8.01. The van der Waals surface area contributed by atoms with E-state index in [4.69, 9.17) is 4.74 Å². The maximum absolute atomic E-state index is 14.2. The van der Waals surface area contributed by atoms with E-state index in [0.29, 0.717) is 26.2 Å². The molecule has 1 fully saturated rings. The van der Waals surface area contributed by atoms with Crippen LogP contribution in [0.25, 0.3) is 0 Å². The second kappa shape index (κ2) is 8.30. The molecule has 1 aromatic rings. The highest BCUT2D eigenvalue weighted by molar-refractivity contribution is 5.21. The van der Waals surface area contributed by atoms with Crippen LogP contribution in [0.1, 0.15) is 18.1 Å². The van der Waals surface area contributed by atoms with Gasteiger partial charge in [0.25, 0.3) is 0 Å². The van der Waals surface area contributed by atoms with Gasteiger partial charge in [0, 0.05) is 32.7 Å². The molecule has 0 spiro atoms. The minimum atomic E-state index is -0.831. The van der Waals surface area contributed by atoms with Crippen molar-refractivity contribution in [2.75, 3.05) is 39.3 Å². The number of ether oxygens (including phenoxy) is 1. The normalized spacial score (nSPS) is 20.6. The molecule has 1 atom stereocenters. The molecule has 0 aliphatic carbocycles. The van der Waals surface area contributed by atoms with Crippen LogP contribution in [-0.4, -0.2) is 55.3 Å². The highest BCUT2D eigenvalue weighted by atomic mass is 19.1. The third kappa shape index (κ3) is 5.43. The molecule has 122 valence electrons. The predicted molar refractivity (Wildman–Crippen MR) is 88.6 cm³/mol. The van der Waals surface area contributed by atoms with Crippen LogP contribution in [0.15, 0.2) is 36.6 Å². The fourth-order valence-electron chi connectivity index (χ4n) is 2.82. The van der Waals surface area contributed by atoms with Gasteiger partial charge in [-0.3, -0.25) is 9.80 Å². The highest BCUT2D eigenvalue weighted by Crippen LogP contribution is 2.13. The van der Waals surface area contributed by atoms with Gasteiger partial charge in [-0.15, -0.1) is 0 Å². The van der Waals surface area contributed by atoms with E-state index in [1.165, 1.54) is 11.1 Å². The van der Waals surface area contributed by atoms with Crippen molar-refractivity contribution in [3.05, 3.63) is 47.7 Å². The minimum Gasteiger partial charge on any atom is -0.497 e. The van der Waals surface area contributed by atoms with Gasteiger partial charge in [0.05, 0.1) is 13.2 Å². The fraction of sp³-hybridized carbons (Fsp3) is 0.556. The summed E-state index contributed by atoms with van der Waals surface area (Å²) in [7, 11) is 0. The van der Waals surface area contributed by atoms with Crippen molar-refractivity contribution in [3.63, 3.8) is 0 Å². The minimum absolute atomic E-state index is 0.455. The lowest BCUT2D eigenvalue weighted by Crippen LogP contribution is -2.32. The fourth-order valence-corrected chi connectivity index (χ4v) is 2.82. The van der Waals surface area contributed by atoms with Crippen molar-refractivity contribution in [2.45, 2.75) is 26.6 Å². The Hall–Kier alpha value is -1.39. The lowest BCUT2D eigenvalue weighted by atomic mass is 10.1. The number of hydrogen-bond donors (Lipinski definition) is 0. The molecule has 0 saturated carbocycles. The second-order valence-electron chi connectivity index (χ2n) is 6.02. The van der Waals surface area contributed by atoms with Crippen LogP contribution in [0.4, 0.5) is 4.39 Å². The van der Waals surface area contributed by atoms with E-state index in [0.717, 1.165) is 25.4 Å². The summed E-state index contributed by atoms with van der Waals surface area (Å²) in [6.07, 6.45) is -0.831. The van der Waals surface area contributed by atoms with Crippen LogP contribution < -0.4 is 0 Å². The standard InChI is InChI=1S/C18H27FN2O/c1-4-22-16(3)11-20-9-10-21(14-18(19)13-20)12-17-7-5-15(2)6-8-17/h5-8,18H,3-4,9-14H2,1-2H3. The smallest absolute Gasteiger partial charge is 0.125 e. The van der Waals surface area contributed by atoms with Gasteiger partial charge < -0.3 is 4.74 Å². The SMILES string of the molecule is C=C(CN1CCN(Cc2ccc(C)cc2)CC(F)C1)OCC. The van der Waals surface area contributed by atoms with Crippen LogP contribution in [0.5, 0.6) is 0 Å². The summed E-state index contributed by atoms with van der Waals surface area (Å²) < 4.78 is 19.6. The van der Waals surface area contributed by atoms with E-state index in [9.17, 15) is 4.39 Å². The highest BCUT2D eigenvalue weighted by Gasteiger charge is 2.22. The zero-order chi connectivity index (χ0) is 15.9. The molecule has 22 heavy (non-hydrogen) atoms. The largest absolute Gasteiger partial charge is 0.497 e. The molecule has 3 nitrogen and oxygen atoms in total.